The van der Waals surface area contributed by atoms with E-state index >= 15 is 0 Å². The van der Waals surface area contributed by atoms with Gasteiger partial charge in [0.2, 0.25) is 0 Å². The first-order chi connectivity index (χ1) is 21.0. The van der Waals surface area contributed by atoms with Crippen molar-refractivity contribution in [1.82, 2.24) is 0 Å². The third-order valence-corrected chi connectivity index (χ3v) is 4.28. The van der Waals surface area contributed by atoms with Crippen molar-refractivity contribution in [3.8, 4) is 0 Å². The Labute approximate surface area is 264 Å². The van der Waals surface area contributed by atoms with Crippen molar-refractivity contribution in [3.63, 3.8) is 0 Å². The molecule has 0 atom stereocenters. The second-order valence-electron chi connectivity index (χ2n) is 9.36. The summed E-state index contributed by atoms with van der Waals surface area (Å²) in [6.45, 7) is 1.73. The first kappa shape index (κ1) is 54.7. The summed E-state index contributed by atoms with van der Waals surface area (Å²) >= 11 is 0. The van der Waals surface area contributed by atoms with E-state index in [1.165, 1.54) is 27.7 Å². The number of aliphatic hydroxyl groups is 8. The molecule has 0 aromatic rings. The predicted octanol–water partition coefficient (Wildman–Crippen LogP) is -3.92. The van der Waals surface area contributed by atoms with Gasteiger partial charge in [0.05, 0.1) is 63.7 Å². The van der Waals surface area contributed by atoms with E-state index < -0.39 is 87.6 Å². The van der Waals surface area contributed by atoms with Crippen LogP contribution in [0.1, 0.15) is 53.4 Å². The highest BCUT2D eigenvalue weighted by atomic mass is 16.4. The normalized spacial score (nSPS) is 9.65. The van der Waals surface area contributed by atoms with Crippen molar-refractivity contribution in [3.05, 3.63) is 0 Å². The van der Waals surface area contributed by atoms with E-state index in [-0.39, 0.29) is 48.8 Å². The molecular weight excluding hydrogens is 632 g/mol. The van der Waals surface area contributed by atoms with E-state index in [1.807, 2.05) is 0 Å². The van der Waals surface area contributed by atoms with Crippen LogP contribution in [0.25, 0.3) is 0 Å². The molecule has 0 aliphatic rings. The van der Waals surface area contributed by atoms with Crippen LogP contribution in [0.3, 0.4) is 0 Å². The maximum absolute atomic E-state index is 9.87. The Balaban J connectivity index is -0.000000105. The summed E-state index contributed by atoms with van der Waals surface area (Å²) in [6.07, 6.45) is -1.44. The van der Waals surface area contributed by atoms with Gasteiger partial charge in [0.25, 0.3) is 0 Å². The van der Waals surface area contributed by atoms with Crippen LogP contribution in [0.4, 0.5) is 0 Å². The summed E-state index contributed by atoms with van der Waals surface area (Å²) in [4.78, 5) is 77.8. The van der Waals surface area contributed by atoms with E-state index in [4.69, 9.17) is 61.3 Å². The van der Waals surface area contributed by atoms with Gasteiger partial charge >= 0.3 is 23.9 Å². The molecule has 0 spiro atoms. The molecule has 0 saturated heterocycles. The lowest BCUT2D eigenvalue weighted by Gasteiger charge is -2.23. The number of carboxylic acids is 4. The quantitative estimate of drug-likeness (QED) is 0.0692. The zero-order valence-corrected chi connectivity index (χ0v) is 26.1. The molecule has 0 rings (SSSR count). The zero-order chi connectivity index (χ0) is 38.1. The van der Waals surface area contributed by atoms with Gasteiger partial charge in [-0.15, -0.1) is 0 Å². The molecule has 0 amide bonds. The monoisotopic (exact) mass is 680 g/mol. The van der Waals surface area contributed by atoms with Crippen LogP contribution in [0.2, 0.25) is 0 Å². The number of Topliss-reactive ketones (excluding diaryl/α,β-unsaturated/α-hetero) is 4. The summed E-state index contributed by atoms with van der Waals surface area (Å²) < 4.78 is 0. The second kappa shape index (κ2) is 34.1. The molecule has 0 aromatic heterocycles. The Morgan fingerprint density at radius 2 is 0.435 bits per heavy atom. The molecular formula is C26H48O20. The third kappa shape index (κ3) is 47.2. The van der Waals surface area contributed by atoms with Gasteiger partial charge in [-0.3, -0.25) is 38.4 Å². The first-order valence-corrected chi connectivity index (χ1v) is 12.7. The fourth-order valence-electron chi connectivity index (χ4n) is 1.45. The van der Waals surface area contributed by atoms with Crippen LogP contribution in [0.15, 0.2) is 0 Å². The van der Waals surface area contributed by atoms with Crippen molar-refractivity contribution in [1.29, 1.82) is 0 Å². The highest BCUT2D eigenvalue weighted by Gasteiger charge is 2.27. The topological polar surface area (TPSA) is 379 Å². The average molecular weight is 681 g/mol. The van der Waals surface area contributed by atoms with Crippen LogP contribution in [0.5, 0.6) is 0 Å². The Bertz CT molecular complexity index is 683. The van der Waals surface area contributed by atoms with Crippen molar-refractivity contribution in [2.45, 2.75) is 53.4 Å². The first-order valence-electron chi connectivity index (χ1n) is 12.7. The fourth-order valence-corrected chi connectivity index (χ4v) is 1.45. The second-order valence-corrected chi connectivity index (χ2v) is 9.36. The average Bonchev–Trinajstić information content (AvgIpc) is 2.91. The number of rotatable bonds is 16. The largest absolute Gasteiger partial charge is 0.481 e. The molecule has 0 heterocycles. The molecule has 0 saturated carbocycles. The van der Waals surface area contributed by atoms with Gasteiger partial charge in [-0.05, 0) is 27.7 Å². The number of aliphatic carboxylic acids is 4. The molecule has 20 nitrogen and oxygen atoms in total. The van der Waals surface area contributed by atoms with E-state index in [1.54, 1.807) is 0 Å². The molecule has 0 radical (unpaired) electrons. The molecule has 0 aliphatic carbocycles. The molecule has 46 heavy (non-hydrogen) atoms. The van der Waals surface area contributed by atoms with E-state index in [9.17, 15) is 38.4 Å². The van der Waals surface area contributed by atoms with Crippen molar-refractivity contribution >= 4 is 47.0 Å². The summed E-state index contributed by atoms with van der Waals surface area (Å²) in [7, 11) is 0. The van der Waals surface area contributed by atoms with Gasteiger partial charge in [0, 0.05) is 0 Å². The maximum Gasteiger partial charge on any atom is 0.310 e. The van der Waals surface area contributed by atoms with Crippen molar-refractivity contribution < 1.29 is 99.6 Å². The lowest BCUT2D eigenvalue weighted by Crippen LogP contribution is -2.37. The van der Waals surface area contributed by atoms with Crippen molar-refractivity contribution in [2.75, 3.05) is 52.9 Å². The molecule has 0 fully saturated rings. The smallest absolute Gasteiger partial charge is 0.310 e. The Morgan fingerprint density at radius 3 is 0.435 bits per heavy atom. The van der Waals surface area contributed by atoms with Crippen LogP contribution < -0.4 is 0 Å². The standard InChI is InChI=1S/2C5H12O4.4C4H6O3/c2*6-1-5(2-7,3-8)4-9;4*1-3(5)2-4(6)7/h2*6-9H,1-4H2;4*2H2,1H3,(H,6,7). The lowest BCUT2D eigenvalue weighted by atomic mass is 9.93. The zero-order valence-electron chi connectivity index (χ0n) is 26.1. The van der Waals surface area contributed by atoms with Gasteiger partial charge in [-0.2, -0.15) is 0 Å². The van der Waals surface area contributed by atoms with E-state index in [0.717, 1.165) is 0 Å². The molecule has 12 N–H and O–H groups in total. The van der Waals surface area contributed by atoms with Gasteiger partial charge < -0.3 is 61.3 Å². The minimum atomic E-state index is -1.11. The highest BCUT2D eigenvalue weighted by Crippen LogP contribution is 2.12. The maximum atomic E-state index is 9.87. The van der Waals surface area contributed by atoms with Crippen molar-refractivity contribution in [2.24, 2.45) is 10.8 Å². The number of ketones is 4. The Morgan fingerprint density at radius 1 is 0.326 bits per heavy atom. The minimum absolute atomic E-state index is 0.312. The van der Waals surface area contributed by atoms with Crippen LogP contribution in [-0.2, 0) is 38.4 Å². The molecule has 20 heteroatoms. The Hall–Kier alpha value is -3.76. The van der Waals surface area contributed by atoms with Gasteiger partial charge in [0.1, 0.15) is 48.8 Å². The van der Waals surface area contributed by atoms with Crippen LogP contribution >= 0.6 is 0 Å². The summed E-state index contributed by atoms with van der Waals surface area (Å²) in [5, 5.41) is 99.4. The molecule has 0 aromatic carbocycles. The SMILES string of the molecule is CC(=O)CC(=O)O.CC(=O)CC(=O)O.CC(=O)CC(=O)O.CC(=O)CC(=O)O.OCC(CO)(CO)CO.OCC(CO)(CO)CO. The summed E-state index contributed by atoms with van der Waals surface area (Å²) in [5.41, 5.74) is -2.22. The van der Waals surface area contributed by atoms with E-state index in [0.29, 0.717) is 0 Å². The van der Waals surface area contributed by atoms with Gasteiger partial charge in [0.15, 0.2) is 0 Å². The van der Waals surface area contributed by atoms with Gasteiger partial charge in [-0.1, -0.05) is 0 Å². The summed E-state index contributed by atoms with van der Waals surface area (Å²) in [5.74, 6) is -5.50. The number of aliphatic hydroxyl groups excluding tert-OH is 8. The highest BCUT2D eigenvalue weighted by molar-refractivity contribution is 5.94. The molecule has 0 bridgehead atoms. The number of carbonyl (C=O) groups excluding carboxylic acids is 4. The number of carboxylic acid groups (broad SMARTS) is 4. The third-order valence-electron chi connectivity index (χ3n) is 4.28. The molecule has 0 unspecified atom stereocenters. The molecule has 0 aliphatic heterocycles. The van der Waals surface area contributed by atoms with Crippen LogP contribution in [-0.4, -0.2) is 161 Å². The number of hydrogen-bond donors (Lipinski definition) is 12. The summed E-state index contributed by atoms with van der Waals surface area (Å²) in [6, 6.07) is 0. The predicted molar refractivity (Wildman–Crippen MR) is 153 cm³/mol. The van der Waals surface area contributed by atoms with Gasteiger partial charge in [-0.25, -0.2) is 0 Å². The lowest BCUT2D eigenvalue weighted by molar-refractivity contribution is -0.141. The van der Waals surface area contributed by atoms with Crippen LogP contribution in [0, 0.1) is 10.8 Å². The number of carbonyl (C=O) groups is 8. The number of hydrogen-bond acceptors (Lipinski definition) is 16. The fraction of sp³-hybridized carbons (Fsp3) is 0.692. The molecule has 272 valence electrons. The minimum Gasteiger partial charge on any atom is -0.481 e. The Kier molecular flexibility index (Phi) is 40.6. The van der Waals surface area contributed by atoms with E-state index in [2.05, 4.69) is 0 Å².